The molecule has 0 saturated carbocycles. The van der Waals surface area contributed by atoms with Crippen molar-refractivity contribution in [3.63, 3.8) is 0 Å². The molecule has 2 unspecified atom stereocenters. The summed E-state index contributed by atoms with van der Waals surface area (Å²) in [4.78, 5) is 14.8. The van der Waals surface area contributed by atoms with Gasteiger partial charge >= 0.3 is 0 Å². The van der Waals surface area contributed by atoms with Gasteiger partial charge in [-0.25, -0.2) is 0 Å². The van der Waals surface area contributed by atoms with E-state index in [2.05, 4.69) is 10.3 Å². The average Bonchev–Trinajstić information content (AvgIpc) is 2.43. The van der Waals surface area contributed by atoms with Gasteiger partial charge in [0.1, 0.15) is 0 Å². The minimum atomic E-state index is -0.638. The number of rotatable bonds is 5. The third-order valence-electron chi connectivity index (χ3n) is 3.28. The second-order valence-corrected chi connectivity index (χ2v) is 5.06. The molecule has 0 bridgehead atoms. The van der Waals surface area contributed by atoms with Crippen LogP contribution in [0.4, 0.5) is 11.4 Å². The number of anilines is 1. The lowest BCUT2D eigenvalue weighted by molar-refractivity contribution is -0.384. The van der Waals surface area contributed by atoms with Gasteiger partial charge in [0.15, 0.2) is 0 Å². The fourth-order valence-electron chi connectivity index (χ4n) is 2.00. The molecule has 0 spiro atoms. The zero-order valence-electron chi connectivity index (χ0n) is 11.9. The second-order valence-electron chi connectivity index (χ2n) is 5.06. The van der Waals surface area contributed by atoms with E-state index >= 15 is 0 Å². The Kier molecular flexibility index (Phi) is 4.35. The zero-order chi connectivity index (χ0) is 15.6. The number of nitrogens with zero attached hydrogens (tertiary/aromatic N) is 2. The van der Waals surface area contributed by atoms with Crippen molar-refractivity contribution in [3.8, 4) is 0 Å². The number of nitro groups is 1. The lowest BCUT2D eigenvalue weighted by atomic mass is 10.1. The van der Waals surface area contributed by atoms with Gasteiger partial charge in [-0.1, -0.05) is 0 Å². The molecule has 1 aromatic heterocycles. The highest BCUT2D eigenvalue weighted by molar-refractivity contribution is 5.93. The molecule has 0 aliphatic rings. The first-order valence-electron chi connectivity index (χ1n) is 6.62. The van der Waals surface area contributed by atoms with Gasteiger partial charge in [0, 0.05) is 41.5 Å². The van der Waals surface area contributed by atoms with Crippen molar-refractivity contribution < 1.29 is 10.0 Å². The highest BCUT2D eigenvalue weighted by Crippen LogP contribution is 2.27. The molecule has 2 aromatic rings. The first-order chi connectivity index (χ1) is 9.88. The molecular weight excluding hydrogens is 272 g/mol. The Morgan fingerprint density at radius 2 is 2.19 bits per heavy atom. The van der Waals surface area contributed by atoms with Crippen molar-refractivity contribution in [2.45, 2.75) is 26.0 Å². The zero-order valence-corrected chi connectivity index (χ0v) is 11.9. The number of non-ortho nitro benzene ring substituents is 1. The van der Waals surface area contributed by atoms with Crippen LogP contribution in [0, 0.1) is 17.0 Å². The van der Waals surface area contributed by atoms with Gasteiger partial charge in [0.05, 0.1) is 16.5 Å². The van der Waals surface area contributed by atoms with E-state index in [1.54, 1.807) is 19.1 Å². The molecular formula is C14H18N4O3. The molecule has 2 atom stereocenters. The molecule has 1 heterocycles. The number of benzene rings is 1. The van der Waals surface area contributed by atoms with Crippen LogP contribution in [0.15, 0.2) is 24.3 Å². The lowest BCUT2D eigenvalue weighted by Gasteiger charge is -2.17. The molecule has 0 saturated heterocycles. The summed E-state index contributed by atoms with van der Waals surface area (Å²) in [6.07, 6.45) is -0.638. The molecule has 0 aliphatic heterocycles. The monoisotopic (exact) mass is 290 g/mol. The number of aryl methyl sites for hydroxylation is 1. The van der Waals surface area contributed by atoms with Crippen molar-refractivity contribution in [1.82, 2.24) is 4.98 Å². The number of aromatic nitrogens is 1. The molecule has 0 amide bonds. The largest absolute Gasteiger partial charge is 0.392 e. The maximum absolute atomic E-state index is 10.9. The Morgan fingerprint density at radius 3 is 2.81 bits per heavy atom. The second kappa shape index (κ2) is 6.02. The summed E-state index contributed by atoms with van der Waals surface area (Å²) in [5.74, 6) is 0. The van der Waals surface area contributed by atoms with Crippen LogP contribution in [0.3, 0.4) is 0 Å². The molecule has 112 valence electrons. The Labute approximate surface area is 121 Å². The summed E-state index contributed by atoms with van der Waals surface area (Å²) in [5, 5.41) is 24.1. The molecule has 2 rings (SSSR count). The fourth-order valence-corrected chi connectivity index (χ4v) is 2.00. The first-order valence-corrected chi connectivity index (χ1v) is 6.62. The van der Waals surface area contributed by atoms with E-state index in [4.69, 9.17) is 5.73 Å². The maximum Gasteiger partial charge on any atom is 0.270 e. The van der Waals surface area contributed by atoms with E-state index in [1.807, 2.05) is 6.92 Å². The van der Waals surface area contributed by atoms with Crippen LogP contribution in [-0.2, 0) is 0 Å². The van der Waals surface area contributed by atoms with Gasteiger partial charge in [-0.3, -0.25) is 15.1 Å². The van der Waals surface area contributed by atoms with Crippen molar-refractivity contribution in [1.29, 1.82) is 0 Å². The van der Waals surface area contributed by atoms with Gasteiger partial charge < -0.3 is 16.2 Å². The summed E-state index contributed by atoms with van der Waals surface area (Å²) in [5.41, 5.74) is 7.99. The third-order valence-corrected chi connectivity index (χ3v) is 3.28. The van der Waals surface area contributed by atoms with Crippen molar-refractivity contribution in [2.75, 3.05) is 11.9 Å². The predicted molar refractivity (Wildman–Crippen MR) is 81.3 cm³/mol. The van der Waals surface area contributed by atoms with Crippen LogP contribution in [0.1, 0.15) is 12.6 Å². The highest BCUT2D eigenvalue weighted by Gasteiger charge is 2.13. The minimum absolute atomic E-state index is 0.0102. The third kappa shape index (κ3) is 3.45. The average molecular weight is 290 g/mol. The number of nitrogens with two attached hydrogens (primary N) is 1. The lowest BCUT2D eigenvalue weighted by Crippen LogP contribution is -2.38. The number of hydrogen-bond donors (Lipinski definition) is 3. The topological polar surface area (TPSA) is 114 Å². The molecule has 7 heteroatoms. The van der Waals surface area contributed by atoms with E-state index in [0.717, 1.165) is 11.4 Å². The standard InChI is InChI=1S/C14H18N4O3/c1-8-5-14(16-7-12(15)9(2)19)11-6-10(18(20)21)3-4-13(11)17-8/h3-6,9,12,19H,7,15H2,1-2H3,(H,16,17). The predicted octanol–water partition coefficient (Wildman–Crippen LogP) is 1.57. The highest BCUT2D eigenvalue weighted by atomic mass is 16.6. The van der Waals surface area contributed by atoms with Crippen LogP contribution in [-0.4, -0.2) is 33.7 Å². The molecule has 0 radical (unpaired) electrons. The SMILES string of the molecule is Cc1cc(NCC(N)C(C)O)c2cc([N+](=O)[O-])ccc2n1. The number of aliphatic hydroxyl groups is 1. The summed E-state index contributed by atoms with van der Waals surface area (Å²) in [6, 6.07) is 5.92. The van der Waals surface area contributed by atoms with Gasteiger partial charge in [-0.2, -0.15) is 0 Å². The quantitative estimate of drug-likeness (QED) is 0.569. The molecule has 7 nitrogen and oxygen atoms in total. The smallest absolute Gasteiger partial charge is 0.270 e. The van der Waals surface area contributed by atoms with Gasteiger partial charge in [0.2, 0.25) is 0 Å². The van der Waals surface area contributed by atoms with E-state index in [9.17, 15) is 15.2 Å². The summed E-state index contributed by atoms with van der Waals surface area (Å²) in [7, 11) is 0. The Balaban J connectivity index is 2.40. The Morgan fingerprint density at radius 1 is 1.48 bits per heavy atom. The molecule has 4 N–H and O–H groups in total. The first kappa shape index (κ1) is 15.1. The molecule has 0 fully saturated rings. The molecule has 1 aromatic carbocycles. The normalized spacial score (nSPS) is 13.9. The Bertz CT molecular complexity index is 673. The number of nitrogens with one attached hydrogen (secondary N) is 1. The number of hydrogen-bond acceptors (Lipinski definition) is 6. The fraction of sp³-hybridized carbons (Fsp3) is 0.357. The van der Waals surface area contributed by atoms with Crippen LogP contribution in [0.2, 0.25) is 0 Å². The van der Waals surface area contributed by atoms with E-state index in [1.165, 1.54) is 12.1 Å². The summed E-state index contributed by atoms with van der Waals surface area (Å²) >= 11 is 0. The van der Waals surface area contributed by atoms with E-state index < -0.39 is 17.1 Å². The van der Waals surface area contributed by atoms with Crippen LogP contribution >= 0.6 is 0 Å². The van der Waals surface area contributed by atoms with Crippen molar-refractivity contribution in [3.05, 3.63) is 40.1 Å². The van der Waals surface area contributed by atoms with Gasteiger partial charge in [0.25, 0.3) is 5.69 Å². The summed E-state index contributed by atoms with van der Waals surface area (Å²) < 4.78 is 0. The molecule has 21 heavy (non-hydrogen) atoms. The number of fused-ring (bicyclic) bond motifs is 1. The Hall–Kier alpha value is -2.25. The van der Waals surface area contributed by atoms with Gasteiger partial charge in [-0.05, 0) is 26.0 Å². The van der Waals surface area contributed by atoms with E-state index in [-0.39, 0.29) is 5.69 Å². The number of pyridine rings is 1. The maximum atomic E-state index is 10.9. The van der Waals surface area contributed by atoms with Crippen molar-refractivity contribution >= 4 is 22.3 Å². The number of aliphatic hydroxyl groups excluding tert-OH is 1. The van der Waals surface area contributed by atoms with Crippen molar-refractivity contribution in [2.24, 2.45) is 5.73 Å². The molecule has 0 aliphatic carbocycles. The van der Waals surface area contributed by atoms with E-state index in [0.29, 0.717) is 17.4 Å². The number of nitro benzene ring substituents is 1. The summed E-state index contributed by atoms with van der Waals surface area (Å²) in [6.45, 7) is 3.83. The van der Waals surface area contributed by atoms with Gasteiger partial charge in [-0.15, -0.1) is 0 Å². The van der Waals surface area contributed by atoms with Crippen LogP contribution in [0.5, 0.6) is 0 Å². The van der Waals surface area contributed by atoms with Crippen LogP contribution in [0.25, 0.3) is 10.9 Å². The van der Waals surface area contributed by atoms with Crippen LogP contribution < -0.4 is 11.1 Å². The minimum Gasteiger partial charge on any atom is -0.392 e.